The van der Waals surface area contributed by atoms with Gasteiger partial charge in [-0.15, -0.1) is 0 Å². The molecule has 0 spiro atoms. The van der Waals surface area contributed by atoms with Gasteiger partial charge in [0.1, 0.15) is 11.6 Å². The molecule has 2 aromatic rings. The van der Waals surface area contributed by atoms with E-state index in [4.69, 9.17) is 17.3 Å². The number of halogens is 2. The Hall–Kier alpha value is -2.14. The standard InChI is InChI=1S/C12H9ClFN3O/c13-7-3-4-16-11(5-7)17-12(18)9-2-1-8(14)6-10(9)15/h1-6H,15H2,(H,16,17,18). The molecule has 1 heterocycles. The van der Waals surface area contributed by atoms with Crippen molar-refractivity contribution in [2.75, 3.05) is 11.1 Å². The number of nitrogen functional groups attached to an aromatic ring is 1. The molecule has 6 heteroatoms. The number of hydrogen-bond donors (Lipinski definition) is 2. The van der Waals surface area contributed by atoms with Crippen LogP contribution in [0.1, 0.15) is 10.4 Å². The van der Waals surface area contributed by atoms with E-state index in [0.717, 1.165) is 12.1 Å². The van der Waals surface area contributed by atoms with Crippen molar-refractivity contribution in [2.24, 2.45) is 0 Å². The number of rotatable bonds is 2. The molecule has 0 unspecified atom stereocenters. The Balaban J connectivity index is 2.22. The van der Waals surface area contributed by atoms with Crippen LogP contribution < -0.4 is 11.1 Å². The lowest BCUT2D eigenvalue weighted by Crippen LogP contribution is -2.15. The molecule has 0 aliphatic heterocycles. The second-order valence-electron chi connectivity index (χ2n) is 3.54. The number of anilines is 2. The average molecular weight is 266 g/mol. The molecule has 92 valence electrons. The van der Waals surface area contributed by atoms with Crippen LogP contribution >= 0.6 is 11.6 Å². The Kier molecular flexibility index (Phi) is 3.43. The number of pyridine rings is 1. The summed E-state index contributed by atoms with van der Waals surface area (Å²) in [6.07, 6.45) is 1.46. The predicted octanol–water partition coefficient (Wildman–Crippen LogP) is 2.71. The number of nitrogens with zero attached hydrogens (tertiary/aromatic N) is 1. The van der Waals surface area contributed by atoms with Crippen molar-refractivity contribution in [3.05, 3.63) is 52.9 Å². The van der Waals surface area contributed by atoms with E-state index in [1.165, 1.54) is 18.3 Å². The van der Waals surface area contributed by atoms with Gasteiger partial charge < -0.3 is 11.1 Å². The zero-order valence-electron chi connectivity index (χ0n) is 9.15. The molecule has 1 aromatic carbocycles. The van der Waals surface area contributed by atoms with Gasteiger partial charge in [-0.3, -0.25) is 4.79 Å². The summed E-state index contributed by atoms with van der Waals surface area (Å²) < 4.78 is 12.8. The van der Waals surface area contributed by atoms with Gasteiger partial charge in [0, 0.05) is 16.9 Å². The maximum atomic E-state index is 12.8. The third kappa shape index (κ3) is 2.75. The Morgan fingerprint density at radius 3 is 2.78 bits per heavy atom. The van der Waals surface area contributed by atoms with E-state index in [-0.39, 0.29) is 11.3 Å². The highest BCUT2D eigenvalue weighted by Gasteiger charge is 2.11. The van der Waals surface area contributed by atoms with Crippen LogP contribution in [-0.2, 0) is 0 Å². The Labute approximate surface area is 108 Å². The highest BCUT2D eigenvalue weighted by molar-refractivity contribution is 6.30. The summed E-state index contributed by atoms with van der Waals surface area (Å²) in [4.78, 5) is 15.8. The molecule has 0 saturated carbocycles. The fourth-order valence-corrected chi connectivity index (χ4v) is 1.56. The molecule has 0 aliphatic rings. The van der Waals surface area contributed by atoms with E-state index >= 15 is 0 Å². The number of benzene rings is 1. The molecule has 0 bridgehead atoms. The van der Waals surface area contributed by atoms with Crippen LogP contribution in [0.4, 0.5) is 15.9 Å². The first-order valence-electron chi connectivity index (χ1n) is 5.04. The molecule has 0 saturated heterocycles. The Morgan fingerprint density at radius 2 is 2.11 bits per heavy atom. The quantitative estimate of drug-likeness (QED) is 0.821. The van der Waals surface area contributed by atoms with E-state index in [1.54, 1.807) is 6.07 Å². The maximum Gasteiger partial charge on any atom is 0.258 e. The summed E-state index contributed by atoms with van der Waals surface area (Å²) in [7, 11) is 0. The molecular weight excluding hydrogens is 257 g/mol. The van der Waals surface area contributed by atoms with E-state index in [2.05, 4.69) is 10.3 Å². The average Bonchev–Trinajstić information content (AvgIpc) is 2.28. The highest BCUT2D eigenvalue weighted by Crippen LogP contribution is 2.16. The minimum absolute atomic E-state index is 0.0644. The van der Waals surface area contributed by atoms with Crippen LogP contribution in [0.5, 0.6) is 0 Å². The van der Waals surface area contributed by atoms with E-state index in [1.807, 2.05) is 0 Å². The lowest BCUT2D eigenvalue weighted by atomic mass is 10.1. The van der Waals surface area contributed by atoms with E-state index in [0.29, 0.717) is 10.8 Å². The number of carbonyl (C=O) groups is 1. The van der Waals surface area contributed by atoms with E-state index in [9.17, 15) is 9.18 Å². The Morgan fingerprint density at radius 1 is 1.33 bits per heavy atom. The van der Waals surface area contributed by atoms with Crippen molar-refractivity contribution in [1.82, 2.24) is 4.98 Å². The van der Waals surface area contributed by atoms with Gasteiger partial charge in [-0.05, 0) is 30.3 Å². The molecule has 1 aromatic heterocycles. The molecule has 1 amide bonds. The number of nitrogens with two attached hydrogens (primary N) is 1. The molecule has 0 aliphatic carbocycles. The number of nitrogens with one attached hydrogen (secondary N) is 1. The van der Waals surface area contributed by atoms with Crippen LogP contribution in [0, 0.1) is 5.82 Å². The molecule has 0 fully saturated rings. The predicted molar refractivity (Wildman–Crippen MR) is 68.0 cm³/mol. The number of aromatic nitrogens is 1. The fourth-order valence-electron chi connectivity index (χ4n) is 1.40. The molecule has 2 rings (SSSR count). The minimum atomic E-state index is -0.495. The van der Waals surface area contributed by atoms with Gasteiger partial charge in [0.25, 0.3) is 5.91 Å². The van der Waals surface area contributed by atoms with Crippen molar-refractivity contribution in [1.29, 1.82) is 0 Å². The molecular formula is C12H9ClFN3O. The van der Waals surface area contributed by atoms with Gasteiger partial charge in [-0.25, -0.2) is 9.37 Å². The van der Waals surface area contributed by atoms with Crippen LogP contribution in [0.15, 0.2) is 36.5 Å². The zero-order chi connectivity index (χ0) is 13.1. The van der Waals surface area contributed by atoms with Crippen LogP contribution in [0.2, 0.25) is 5.02 Å². The third-order valence-corrected chi connectivity index (χ3v) is 2.46. The summed E-state index contributed by atoms with van der Waals surface area (Å²) in [5.74, 6) is -0.663. The Bertz CT molecular complexity index is 604. The topological polar surface area (TPSA) is 68.0 Å². The minimum Gasteiger partial charge on any atom is -0.398 e. The normalized spacial score (nSPS) is 10.1. The van der Waals surface area contributed by atoms with Crippen LogP contribution in [0.25, 0.3) is 0 Å². The molecule has 4 nitrogen and oxygen atoms in total. The smallest absolute Gasteiger partial charge is 0.258 e. The number of amides is 1. The van der Waals surface area contributed by atoms with Crippen molar-refractivity contribution < 1.29 is 9.18 Å². The van der Waals surface area contributed by atoms with Crippen LogP contribution in [0.3, 0.4) is 0 Å². The molecule has 3 N–H and O–H groups in total. The summed E-state index contributed by atoms with van der Waals surface area (Å²) in [6.45, 7) is 0. The lowest BCUT2D eigenvalue weighted by molar-refractivity contribution is 0.102. The van der Waals surface area contributed by atoms with Crippen molar-refractivity contribution >= 4 is 29.0 Å². The first-order chi connectivity index (χ1) is 8.56. The zero-order valence-corrected chi connectivity index (χ0v) is 9.91. The lowest BCUT2D eigenvalue weighted by Gasteiger charge is -2.07. The summed E-state index contributed by atoms with van der Waals surface area (Å²) in [5.41, 5.74) is 5.80. The van der Waals surface area contributed by atoms with Gasteiger partial charge in [0.05, 0.1) is 5.56 Å². The van der Waals surface area contributed by atoms with Gasteiger partial charge in [-0.1, -0.05) is 11.6 Å². The van der Waals surface area contributed by atoms with Gasteiger partial charge in [0.2, 0.25) is 0 Å². The van der Waals surface area contributed by atoms with Crippen molar-refractivity contribution in [2.45, 2.75) is 0 Å². The molecule has 0 radical (unpaired) electrons. The fraction of sp³-hybridized carbons (Fsp3) is 0. The summed E-state index contributed by atoms with van der Waals surface area (Å²) >= 11 is 5.76. The first kappa shape index (κ1) is 12.3. The van der Waals surface area contributed by atoms with Gasteiger partial charge >= 0.3 is 0 Å². The SMILES string of the molecule is Nc1cc(F)ccc1C(=O)Nc1cc(Cl)ccn1. The van der Waals surface area contributed by atoms with Crippen molar-refractivity contribution in [3.8, 4) is 0 Å². The molecule has 0 atom stereocenters. The largest absolute Gasteiger partial charge is 0.398 e. The van der Waals surface area contributed by atoms with E-state index < -0.39 is 11.7 Å². The number of carbonyl (C=O) groups excluding carboxylic acids is 1. The summed E-state index contributed by atoms with van der Waals surface area (Å²) in [6, 6.07) is 6.64. The third-order valence-electron chi connectivity index (χ3n) is 2.22. The monoisotopic (exact) mass is 265 g/mol. The second kappa shape index (κ2) is 5.01. The summed E-state index contributed by atoms with van der Waals surface area (Å²) in [5, 5.41) is 2.97. The van der Waals surface area contributed by atoms with Gasteiger partial charge in [-0.2, -0.15) is 0 Å². The molecule has 18 heavy (non-hydrogen) atoms. The van der Waals surface area contributed by atoms with Crippen LogP contribution in [-0.4, -0.2) is 10.9 Å². The first-order valence-corrected chi connectivity index (χ1v) is 5.42. The van der Waals surface area contributed by atoms with Gasteiger partial charge in [0.15, 0.2) is 0 Å². The highest BCUT2D eigenvalue weighted by atomic mass is 35.5. The maximum absolute atomic E-state index is 12.8. The number of hydrogen-bond acceptors (Lipinski definition) is 3. The second-order valence-corrected chi connectivity index (χ2v) is 3.98. The van der Waals surface area contributed by atoms with Crippen molar-refractivity contribution in [3.63, 3.8) is 0 Å².